The van der Waals surface area contributed by atoms with Gasteiger partial charge in [0.1, 0.15) is 5.69 Å². The van der Waals surface area contributed by atoms with Crippen molar-refractivity contribution in [1.29, 1.82) is 0 Å². The van der Waals surface area contributed by atoms with E-state index >= 15 is 0 Å². The molecule has 2 amide bonds. The van der Waals surface area contributed by atoms with Crippen molar-refractivity contribution in [1.82, 2.24) is 24.6 Å². The molecule has 5 rings (SSSR count). The average molecular weight is 359 g/mol. The molecule has 0 spiro atoms. The lowest BCUT2D eigenvalue weighted by Gasteiger charge is -2.35. The molecule has 2 aromatic rings. The fourth-order valence-corrected chi connectivity index (χ4v) is 4.27. The highest BCUT2D eigenvalue weighted by Crippen LogP contribution is 2.31. The van der Waals surface area contributed by atoms with Gasteiger partial charge in [-0.1, -0.05) is 0 Å². The topological polar surface area (TPSA) is 71.3 Å². The Kier molecular flexibility index (Phi) is 4.29. The molecule has 8 heteroatoms. The molecule has 3 saturated heterocycles. The highest BCUT2D eigenvalue weighted by Gasteiger charge is 2.42. The molecular weight excluding hydrogens is 338 g/mol. The smallest absolute Gasteiger partial charge is 0.274 e. The third kappa shape index (κ3) is 3.06. The summed E-state index contributed by atoms with van der Waals surface area (Å²) in [4.78, 5) is 33.7. The van der Waals surface area contributed by atoms with Crippen LogP contribution in [0, 0.1) is 5.92 Å². The Hall–Kier alpha value is -2.22. The second-order valence-electron chi connectivity index (χ2n) is 6.64. The number of rotatable bonds is 4. The van der Waals surface area contributed by atoms with E-state index in [1.807, 2.05) is 28.3 Å². The Labute approximate surface area is 150 Å². The van der Waals surface area contributed by atoms with E-state index in [2.05, 4.69) is 10.1 Å². The number of hydrogen-bond acceptors (Lipinski definition) is 5. The van der Waals surface area contributed by atoms with Crippen LogP contribution in [0.3, 0.4) is 0 Å². The summed E-state index contributed by atoms with van der Waals surface area (Å²) < 4.78 is 1.75. The zero-order chi connectivity index (χ0) is 17.4. The van der Waals surface area contributed by atoms with Gasteiger partial charge in [0.05, 0.1) is 23.7 Å². The van der Waals surface area contributed by atoms with E-state index in [4.69, 9.17) is 0 Å². The number of amides is 2. The van der Waals surface area contributed by atoms with Gasteiger partial charge in [-0.2, -0.15) is 5.10 Å². The number of fused-ring (bicyclic) bond motifs is 4. The molecule has 0 aromatic carbocycles. The van der Waals surface area contributed by atoms with Crippen LogP contribution in [0.4, 0.5) is 0 Å². The van der Waals surface area contributed by atoms with Gasteiger partial charge in [0.15, 0.2) is 0 Å². The summed E-state index contributed by atoms with van der Waals surface area (Å²) >= 11 is 1.54. The van der Waals surface area contributed by atoms with Gasteiger partial charge >= 0.3 is 0 Å². The molecule has 0 aliphatic carbocycles. The number of aryl methyl sites for hydroxylation is 1. The van der Waals surface area contributed by atoms with E-state index in [1.54, 1.807) is 16.3 Å². The van der Waals surface area contributed by atoms with Gasteiger partial charge in [-0.05, 0) is 25.8 Å². The maximum Gasteiger partial charge on any atom is 0.274 e. The molecule has 2 bridgehead atoms. The number of carbonyl (C=O) groups is 2. The Morgan fingerprint density at radius 1 is 1.36 bits per heavy atom. The Balaban J connectivity index is 1.54. The standard InChI is InChI=1S/C17H21N5O2S/c1-2-21-6-5-15(19-21)17(24)20-7-12-3-4-14(9-20)22(16(12)23)8-13-10-25-11-18-13/h5-6,10-12,14H,2-4,7-9H2,1H3/t12-,14+/m0/s1. The van der Waals surface area contributed by atoms with Crippen LogP contribution in [0.1, 0.15) is 35.9 Å². The van der Waals surface area contributed by atoms with Crippen LogP contribution >= 0.6 is 11.3 Å². The highest BCUT2D eigenvalue weighted by molar-refractivity contribution is 7.07. The predicted octanol–water partition coefficient (Wildman–Crippen LogP) is 1.62. The predicted molar refractivity (Wildman–Crippen MR) is 93.0 cm³/mol. The molecular formula is C17H21N5O2S. The Morgan fingerprint density at radius 2 is 2.24 bits per heavy atom. The SMILES string of the molecule is CCn1ccc(C(=O)N2C[C@@H]3CC[C@H](C2)N(Cc2cscn2)C3=O)n1. The lowest BCUT2D eigenvalue weighted by molar-refractivity contribution is -0.140. The van der Waals surface area contributed by atoms with Crippen molar-refractivity contribution < 1.29 is 9.59 Å². The van der Waals surface area contributed by atoms with Crippen molar-refractivity contribution in [2.24, 2.45) is 5.92 Å². The van der Waals surface area contributed by atoms with E-state index in [0.717, 1.165) is 25.1 Å². The van der Waals surface area contributed by atoms with Crippen LogP contribution < -0.4 is 0 Å². The second kappa shape index (κ2) is 6.59. The molecule has 2 aromatic heterocycles. The Bertz CT molecular complexity index is 772. The number of carbonyl (C=O) groups excluding carboxylic acids is 2. The number of aromatic nitrogens is 3. The van der Waals surface area contributed by atoms with Crippen molar-refractivity contribution in [3.63, 3.8) is 0 Å². The van der Waals surface area contributed by atoms with Gasteiger partial charge in [0.2, 0.25) is 5.91 Å². The van der Waals surface area contributed by atoms with Crippen LogP contribution in [-0.4, -0.2) is 55.5 Å². The molecule has 0 N–H and O–H groups in total. The maximum atomic E-state index is 12.8. The van der Waals surface area contributed by atoms with E-state index in [1.165, 1.54) is 11.3 Å². The molecule has 7 nitrogen and oxygen atoms in total. The van der Waals surface area contributed by atoms with E-state index in [-0.39, 0.29) is 23.8 Å². The van der Waals surface area contributed by atoms with Gasteiger partial charge in [0, 0.05) is 37.3 Å². The molecule has 5 heterocycles. The molecule has 25 heavy (non-hydrogen) atoms. The van der Waals surface area contributed by atoms with Crippen LogP contribution in [0.5, 0.6) is 0 Å². The number of nitrogens with zero attached hydrogens (tertiary/aromatic N) is 5. The van der Waals surface area contributed by atoms with Crippen molar-refractivity contribution in [3.05, 3.63) is 34.5 Å². The van der Waals surface area contributed by atoms with Crippen molar-refractivity contribution in [2.75, 3.05) is 13.1 Å². The van der Waals surface area contributed by atoms with Crippen molar-refractivity contribution in [2.45, 2.75) is 38.9 Å². The lowest BCUT2D eigenvalue weighted by atomic mass is 9.94. The molecule has 0 radical (unpaired) electrons. The summed E-state index contributed by atoms with van der Waals surface area (Å²) in [5, 5.41) is 6.30. The monoisotopic (exact) mass is 359 g/mol. The molecule has 2 atom stereocenters. The summed E-state index contributed by atoms with van der Waals surface area (Å²) in [6, 6.07) is 1.82. The minimum absolute atomic E-state index is 0.0603. The second-order valence-corrected chi connectivity index (χ2v) is 7.36. The maximum absolute atomic E-state index is 12.8. The van der Waals surface area contributed by atoms with Gasteiger partial charge < -0.3 is 9.80 Å². The van der Waals surface area contributed by atoms with E-state index in [9.17, 15) is 9.59 Å². The van der Waals surface area contributed by atoms with Crippen LogP contribution in [0.25, 0.3) is 0 Å². The first kappa shape index (κ1) is 16.3. The minimum Gasteiger partial charge on any atom is -0.334 e. The van der Waals surface area contributed by atoms with Gasteiger partial charge in [-0.15, -0.1) is 11.3 Å². The van der Waals surface area contributed by atoms with Crippen LogP contribution in [0.2, 0.25) is 0 Å². The quantitative estimate of drug-likeness (QED) is 0.832. The first-order valence-corrected chi connectivity index (χ1v) is 9.60. The summed E-state index contributed by atoms with van der Waals surface area (Å²) in [7, 11) is 0. The van der Waals surface area contributed by atoms with E-state index < -0.39 is 0 Å². The Morgan fingerprint density at radius 3 is 2.96 bits per heavy atom. The average Bonchev–Trinajstić information content (AvgIpc) is 3.23. The van der Waals surface area contributed by atoms with Gasteiger partial charge in [-0.3, -0.25) is 14.3 Å². The van der Waals surface area contributed by atoms with Crippen molar-refractivity contribution >= 4 is 23.2 Å². The number of thiazole rings is 1. The van der Waals surface area contributed by atoms with Crippen LogP contribution in [-0.2, 0) is 17.9 Å². The highest BCUT2D eigenvalue weighted by atomic mass is 32.1. The third-order valence-electron chi connectivity index (χ3n) is 5.08. The molecule has 0 saturated carbocycles. The molecule has 3 aliphatic heterocycles. The fraction of sp³-hybridized carbons (Fsp3) is 0.529. The molecule has 3 aliphatic rings. The zero-order valence-corrected chi connectivity index (χ0v) is 15.0. The molecule has 132 valence electrons. The molecule has 3 fully saturated rings. The van der Waals surface area contributed by atoms with Crippen LogP contribution in [0.15, 0.2) is 23.2 Å². The van der Waals surface area contributed by atoms with Gasteiger partial charge in [0.25, 0.3) is 5.91 Å². The number of hydrogen-bond donors (Lipinski definition) is 0. The van der Waals surface area contributed by atoms with Crippen molar-refractivity contribution in [3.8, 4) is 0 Å². The molecule has 0 unspecified atom stereocenters. The zero-order valence-electron chi connectivity index (χ0n) is 14.2. The number of piperidine rings is 1. The minimum atomic E-state index is -0.116. The lowest BCUT2D eigenvalue weighted by Crippen LogP contribution is -2.47. The summed E-state index contributed by atoms with van der Waals surface area (Å²) in [5.41, 5.74) is 3.17. The normalized spacial score (nSPS) is 23.2. The van der Waals surface area contributed by atoms with Gasteiger partial charge in [-0.25, -0.2) is 4.98 Å². The summed E-state index contributed by atoms with van der Waals surface area (Å²) in [6.45, 7) is 4.32. The third-order valence-corrected chi connectivity index (χ3v) is 5.72. The first-order chi connectivity index (χ1) is 12.2. The fourth-order valence-electron chi connectivity index (χ4n) is 3.72. The summed E-state index contributed by atoms with van der Waals surface area (Å²) in [5.74, 6) is -0.0411. The first-order valence-electron chi connectivity index (χ1n) is 8.66. The van der Waals surface area contributed by atoms with E-state index in [0.29, 0.717) is 25.3 Å². The summed E-state index contributed by atoms with van der Waals surface area (Å²) in [6.07, 6.45) is 3.61. The largest absolute Gasteiger partial charge is 0.334 e.